The average Bonchev–Trinajstić information content (AvgIpc) is 2.99. The summed E-state index contributed by atoms with van der Waals surface area (Å²) in [5.41, 5.74) is 0.971. The van der Waals surface area contributed by atoms with E-state index in [2.05, 4.69) is 41.3 Å². The minimum Gasteiger partial charge on any atom is -0.497 e. The molecule has 3 saturated heterocycles. The van der Waals surface area contributed by atoms with Gasteiger partial charge in [-0.1, -0.05) is 12.1 Å². The predicted molar refractivity (Wildman–Crippen MR) is 166 cm³/mol. The molecule has 0 radical (unpaired) electrons. The molecule has 0 aromatic heterocycles. The van der Waals surface area contributed by atoms with E-state index in [1.54, 1.807) is 7.11 Å². The summed E-state index contributed by atoms with van der Waals surface area (Å²) >= 11 is 0. The summed E-state index contributed by atoms with van der Waals surface area (Å²) in [6.45, 7) is 19.4. The Bertz CT molecular complexity index is 780. The fourth-order valence-electron chi connectivity index (χ4n) is 5.10. The molecule has 3 aliphatic rings. The number of rotatable bonds is 7. The molecule has 3 fully saturated rings. The van der Waals surface area contributed by atoms with Crippen LogP contribution in [-0.4, -0.2) is 152 Å². The normalized spacial score (nSPS) is 23.8. The molecule has 0 amide bonds. The maximum atomic E-state index is 12.4. The lowest BCUT2D eigenvalue weighted by Crippen LogP contribution is -2.46. The van der Waals surface area contributed by atoms with Crippen LogP contribution in [0.25, 0.3) is 0 Å². The van der Waals surface area contributed by atoms with Crippen molar-refractivity contribution in [3.8, 4) is 5.75 Å². The van der Waals surface area contributed by atoms with Gasteiger partial charge in [-0.3, -0.25) is 14.6 Å². The summed E-state index contributed by atoms with van der Waals surface area (Å²) in [7, 11) is 1.65. The molecule has 11 nitrogen and oxygen atoms in total. The first kappa shape index (κ1) is 33.7. The highest BCUT2D eigenvalue weighted by Crippen LogP contribution is 2.12. The van der Waals surface area contributed by atoms with Crippen LogP contribution in [0, 0.1) is 0 Å². The summed E-state index contributed by atoms with van der Waals surface area (Å²) in [6.07, 6.45) is 1.24. The zero-order chi connectivity index (χ0) is 28.8. The van der Waals surface area contributed by atoms with Crippen LogP contribution in [0.3, 0.4) is 0 Å². The molecule has 0 aliphatic carbocycles. The van der Waals surface area contributed by atoms with E-state index in [1.807, 2.05) is 24.3 Å². The molecule has 1 aromatic carbocycles. The van der Waals surface area contributed by atoms with Gasteiger partial charge in [0.2, 0.25) is 0 Å². The lowest BCUT2D eigenvalue weighted by Gasteiger charge is -2.29. The van der Waals surface area contributed by atoms with E-state index in [0.717, 1.165) is 142 Å². The fourth-order valence-corrected chi connectivity index (χ4v) is 5.10. The molecule has 0 atom stereocenters. The second-order valence-electron chi connectivity index (χ2n) is 10.9. The zero-order valence-corrected chi connectivity index (χ0v) is 25.4. The molecule has 11 heteroatoms. The highest BCUT2D eigenvalue weighted by molar-refractivity contribution is 5.69. The van der Waals surface area contributed by atoms with Gasteiger partial charge in [0.1, 0.15) is 12.4 Å². The van der Waals surface area contributed by atoms with Crippen molar-refractivity contribution >= 4 is 5.97 Å². The summed E-state index contributed by atoms with van der Waals surface area (Å²) in [5, 5.41) is 18.1. The van der Waals surface area contributed by atoms with E-state index >= 15 is 0 Å². The molecule has 4 rings (SSSR count). The number of carbonyl (C=O) groups is 1. The molecule has 234 valence electrons. The van der Waals surface area contributed by atoms with Crippen molar-refractivity contribution in [2.75, 3.05) is 131 Å². The third-order valence-corrected chi connectivity index (χ3v) is 7.73. The maximum absolute atomic E-state index is 12.4. The third-order valence-electron chi connectivity index (χ3n) is 7.73. The van der Waals surface area contributed by atoms with Crippen LogP contribution in [0.15, 0.2) is 24.3 Å². The van der Waals surface area contributed by atoms with Gasteiger partial charge >= 0.3 is 5.97 Å². The van der Waals surface area contributed by atoms with Crippen molar-refractivity contribution in [2.45, 2.75) is 19.4 Å². The highest BCUT2D eigenvalue weighted by atomic mass is 16.5. The molecule has 0 unspecified atom stereocenters. The van der Waals surface area contributed by atoms with E-state index in [-0.39, 0.29) is 5.97 Å². The van der Waals surface area contributed by atoms with Crippen LogP contribution in [-0.2, 0) is 16.1 Å². The lowest BCUT2D eigenvalue weighted by molar-refractivity contribution is -0.145. The summed E-state index contributed by atoms with van der Waals surface area (Å²) in [5.74, 6) is 0.667. The molecule has 0 spiro atoms. The monoisotopic (exact) mass is 576 g/mol. The lowest BCUT2D eigenvalue weighted by atomic mass is 10.2. The molecule has 5 N–H and O–H groups in total. The van der Waals surface area contributed by atoms with E-state index in [9.17, 15) is 4.79 Å². The second-order valence-corrected chi connectivity index (χ2v) is 10.9. The van der Waals surface area contributed by atoms with Crippen LogP contribution >= 0.6 is 0 Å². The second kappa shape index (κ2) is 21.8. The molecule has 3 aliphatic heterocycles. The smallest absolute Gasteiger partial charge is 0.306 e. The van der Waals surface area contributed by atoms with Crippen LogP contribution < -0.4 is 31.3 Å². The largest absolute Gasteiger partial charge is 0.497 e. The molecular formula is C30H56N8O3. The van der Waals surface area contributed by atoms with Gasteiger partial charge in [-0.15, -0.1) is 0 Å². The van der Waals surface area contributed by atoms with Gasteiger partial charge in [0.25, 0.3) is 0 Å². The Hall–Kier alpha value is -1.83. The maximum Gasteiger partial charge on any atom is 0.306 e. The van der Waals surface area contributed by atoms with E-state index in [0.29, 0.717) is 13.0 Å². The van der Waals surface area contributed by atoms with Gasteiger partial charge in [-0.2, -0.15) is 0 Å². The standard InChI is InChI=1S/C30H56N8O3/c1-40-29-6-4-28(5-7-29)27-41-30(39)3-2-18-36-19-16-35-17-22-37-20-12-31-8-10-33-14-23-38(26-25-36)24-15-34-11-9-32-13-21-37/h4-7,31-35H,2-3,8-27H2,1H3. The average molecular weight is 577 g/mol. The van der Waals surface area contributed by atoms with Crippen molar-refractivity contribution in [2.24, 2.45) is 0 Å². The van der Waals surface area contributed by atoms with Gasteiger partial charge in [-0.25, -0.2) is 0 Å². The van der Waals surface area contributed by atoms with Crippen LogP contribution in [0.1, 0.15) is 18.4 Å². The van der Waals surface area contributed by atoms with Crippen molar-refractivity contribution in [1.82, 2.24) is 41.3 Å². The van der Waals surface area contributed by atoms with Crippen molar-refractivity contribution in [1.29, 1.82) is 0 Å². The topological polar surface area (TPSA) is 105 Å². The zero-order valence-electron chi connectivity index (χ0n) is 25.4. The van der Waals surface area contributed by atoms with E-state index < -0.39 is 0 Å². The number of nitrogens with zero attached hydrogens (tertiary/aromatic N) is 3. The first-order valence-corrected chi connectivity index (χ1v) is 15.7. The molecule has 2 bridgehead atoms. The fraction of sp³-hybridized carbons (Fsp3) is 0.767. The van der Waals surface area contributed by atoms with Gasteiger partial charge in [0.15, 0.2) is 0 Å². The Morgan fingerprint density at radius 3 is 1.68 bits per heavy atom. The Morgan fingerprint density at radius 1 is 0.659 bits per heavy atom. The van der Waals surface area contributed by atoms with Crippen LogP contribution in [0.2, 0.25) is 0 Å². The summed E-state index contributed by atoms with van der Waals surface area (Å²) < 4.78 is 10.7. The number of hydrogen-bond donors (Lipinski definition) is 5. The van der Waals surface area contributed by atoms with E-state index in [4.69, 9.17) is 9.47 Å². The van der Waals surface area contributed by atoms with Crippen molar-refractivity contribution in [3.63, 3.8) is 0 Å². The Balaban J connectivity index is 1.50. The van der Waals surface area contributed by atoms with Crippen molar-refractivity contribution < 1.29 is 14.3 Å². The molecule has 3 heterocycles. The molecule has 1 aromatic rings. The minimum atomic E-state index is -0.135. The predicted octanol–water partition coefficient (Wildman–Crippen LogP) is -0.600. The number of carbonyl (C=O) groups excluding carboxylic acids is 1. The number of benzene rings is 1. The Labute approximate surface area is 248 Å². The molecule has 0 saturated carbocycles. The summed E-state index contributed by atoms with van der Waals surface area (Å²) in [6, 6.07) is 7.65. The molecule has 41 heavy (non-hydrogen) atoms. The Kier molecular flexibility index (Phi) is 17.9. The van der Waals surface area contributed by atoms with Gasteiger partial charge in [0.05, 0.1) is 7.11 Å². The Morgan fingerprint density at radius 2 is 1.15 bits per heavy atom. The van der Waals surface area contributed by atoms with Gasteiger partial charge in [0, 0.05) is 124 Å². The van der Waals surface area contributed by atoms with Gasteiger partial charge < -0.3 is 41.0 Å². The number of hydrogen-bond acceptors (Lipinski definition) is 11. The number of ether oxygens (including phenoxy) is 2. The van der Waals surface area contributed by atoms with Crippen LogP contribution in [0.4, 0.5) is 0 Å². The number of fused-ring (bicyclic) bond motifs is 21. The first-order chi connectivity index (χ1) is 20.2. The highest BCUT2D eigenvalue weighted by Gasteiger charge is 2.12. The minimum absolute atomic E-state index is 0.135. The number of methoxy groups -OCH3 is 1. The van der Waals surface area contributed by atoms with Gasteiger partial charge in [-0.05, 0) is 30.7 Å². The van der Waals surface area contributed by atoms with Crippen LogP contribution in [0.5, 0.6) is 5.75 Å². The number of nitrogens with one attached hydrogen (secondary N) is 5. The SMILES string of the molecule is COc1ccc(COC(=O)CCCN2CCNCCN3CCNCCNCCN(CCNCCNCC3)CC2)cc1. The van der Waals surface area contributed by atoms with Crippen molar-refractivity contribution in [3.05, 3.63) is 29.8 Å². The van der Waals surface area contributed by atoms with E-state index in [1.165, 1.54) is 0 Å². The first-order valence-electron chi connectivity index (χ1n) is 15.7. The number of esters is 1. The quantitative estimate of drug-likeness (QED) is 0.269. The summed E-state index contributed by atoms with van der Waals surface area (Å²) in [4.78, 5) is 20.1. The third kappa shape index (κ3) is 15.8. The molecular weight excluding hydrogens is 520 g/mol.